The second-order valence-electron chi connectivity index (χ2n) is 12.7. The van der Waals surface area contributed by atoms with Crippen LogP contribution < -0.4 is 0 Å². The number of carboxylic acids is 1. The van der Waals surface area contributed by atoms with Gasteiger partial charge >= 0.3 is 5.97 Å². The van der Waals surface area contributed by atoms with Crippen molar-refractivity contribution in [1.82, 2.24) is 0 Å². The zero-order chi connectivity index (χ0) is 27.7. The standard InChI is InChI=1S/C31H52O7/c1-6-34-23-30(4,5)26(38-28-15-11-12-20-35-28)17-16-24-18-19-31(36-21-29(2,3)22-37-31)25(24)13-9-7-8-10-14-27(32)33/h7,9,16-17,24-26,28H,6,8,10-15,18-23H2,1-5H3,(H,32,33). The Bertz CT molecular complexity index is 771. The quantitative estimate of drug-likeness (QED) is 0.200. The van der Waals surface area contributed by atoms with Crippen LogP contribution in [-0.2, 0) is 28.5 Å². The minimum Gasteiger partial charge on any atom is -0.481 e. The summed E-state index contributed by atoms with van der Waals surface area (Å²) in [4.78, 5) is 10.8. The van der Waals surface area contributed by atoms with Crippen molar-refractivity contribution in [1.29, 1.82) is 0 Å². The molecule has 3 rings (SSSR count). The summed E-state index contributed by atoms with van der Waals surface area (Å²) in [6, 6.07) is 0. The molecule has 38 heavy (non-hydrogen) atoms. The molecule has 1 N–H and O–H groups in total. The molecule has 0 amide bonds. The summed E-state index contributed by atoms with van der Waals surface area (Å²) in [5.74, 6) is -0.833. The zero-order valence-electron chi connectivity index (χ0n) is 24.4. The molecule has 1 spiro atoms. The number of hydrogen-bond acceptors (Lipinski definition) is 6. The summed E-state index contributed by atoms with van der Waals surface area (Å²) in [6.45, 7) is 14.2. The van der Waals surface area contributed by atoms with Crippen LogP contribution in [0.3, 0.4) is 0 Å². The molecule has 4 atom stereocenters. The molecule has 1 aliphatic carbocycles. The highest BCUT2D eigenvalue weighted by atomic mass is 16.7. The topological polar surface area (TPSA) is 83.5 Å². The maximum atomic E-state index is 10.8. The van der Waals surface area contributed by atoms with Crippen molar-refractivity contribution in [3.63, 3.8) is 0 Å². The van der Waals surface area contributed by atoms with E-state index < -0.39 is 11.8 Å². The van der Waals surface area contributed by atoms with Crippen LogP contribution in [0.2, 0.25) is 0 Å². The molecule has 0 aromatic rings. The van der Waals surface area contributed by atoms with E-state index in [1.54, 1.807) is 0 Å². The molecule has 7 heteroatoms. The first-order valence-electron chi connectivity index (χ1n) is 14.7. The average molecular weight is 537 g/mol. The molecule has 0 radical (unpaired) electrons. The summed E-state index contributed by atoms with van der Waals surface area (Å²) in [5, 5.41) is 8.91. The fourth-order valence-electron chi connectivity index (χ4n) is 5.64. The number of ether oxygens (including phenoxy) is 5. The Kier molecular flexibility index (Phi) is 11.9. The van der Waals surface area contributed by atoms with Crippen LogP contribution in [0, 0.1) is 22.7 Å². The van der Waals surface area contributed by atoms with Crippen molar-refractivity contribution in [2.75, 3.05) is 33.0 Å². The van der Waals surface area contributed by atoms with Crippen LogP contribution >= 0.6 is 0 Å². The number of allylic oxidation sites excluding steroid dienone is 3. The van der Waals surface area contributed by atoms with E-state index in [-0.39, 0.29) is 35.6 Å². The Hall–Kier alpha value is -1.25. The molecule has 2 heterocycles. The number of aliphatic carboxylic acids is 1. The number of carboxylic acid groups (broad SMARTS) is 1. The van der Waals surface area contributed by atoms with Crippen LogP contribution in [-0.4, -0.2) is 62.3 Å². The number of carbonyl (C=O) groups is 1. The molecule has 0 aromatic carbocycles. The molecule has 3 fully saturated rings. The van der Waals surface area contributed by atoms with E-state index in [0.29, 0.717) is 38.8 Å². The Morgan fingerprint density at radius 3 is 2.58 bits per heavy atom. The summed E-state index contributed by atoms with van der Waals surface area (Å²) in [6.07, 6.45) is 16.0. The highest BCUT2D eigenvalue weighted by Gasteiger charge is 2.52. The zero-order valence-corrected chi connectivity index (χ0v) is 24.4. The Morgan fingerprint density at radius 2 is 1.92 bits per heavy atom. The lowest BCUT2D eigenvalue weighted by atomic mass is 9.83. The van der Waals surface area contributed by atoms with Crippen LogP contribution in [0.4, 0.5) is 0 Å². The van der Waals surface area contributed by atoms with Gasteiger partial charge in [-0.2, -0.15) is 0 Å². The summed E-state index contributed by atoms with van der Waals surface area (Å²) in [7, 11) is 0. The molecule has 2 aliphatic heterocycles. The van der Waals surface area contributed by atoms with Crippen molar-refractivity contribution in [2.45, 2.75) is 111 Å². The summed E-state index contributed by atoms with van der Waals surface area (Å²) in [5.41, 5.74) is -0.191. The first-order chi connectivity index (χ1) is 18.1. The molecule has 218 valence electrons. The van der Waals surface area contributed by atoms with Crippen LogP contribution in [0.5, 0.6) is 0 Å². The van der Waals surface area contributed by atoms with Gasteiger partial charge in [0.05, 0.1) is 25.9 Å². The number of hydrogen-bond donors (Lipinski definition) is 1. The molecular formula is C31H52O7. The largest absolute Gasteiger partial charge is 0.481 e. The Morgan fingerprint density at radius 1 is 1.16 bits per heavy atom. The average Bonchev–Trinajstić information content (AvgIpc) is 3.22. The van der Waals surface area contributed by atoms with Gasteiger partial charge in [0.2, 0.25) is 0 Å². The van der Waals surface area contributed by atoms with Crippen molar-refractivity contribution >= 4 is 5.97 Å². The third-order valence-corrected chi connectivity index (χ3v) is 8.06. The smallest absolute Gasteiger partial charge is 0.303 e. The molecule has 0 aromatic heterocycles. The van der Waals surface area contributed by atoms with Gasteiger partial charge in [0, 0.05) is 42.8 Å². The summed E-state index contributed by atoms with van der Waals surface area (Å²) < 4.78 is 31.3. The fourth-order valence-corrected chi connectivity index (χ4v) is 5.64. The molecular weight excluding hydrogens is 484 g/mol. The van der Waals surface area contributed by atoms with Crippen LogP contribution in [0.15, 0.2) is 24.3 Å². The minimum atomic E-state index is -0.743. The van der Waals surface area contributed by atoms with Gasteiger partial charge < -0.3 is 28.8 Å². The first-order valence-corrected chi connectivity index (χ1v) is 14.7. The van der Waals surface area contributed by atoms with Crippen LogP contribution in [0.25, 0.3) is 0 Å². The van der Waals surface area contributed by atoms with Crippen LogP contribution in [0.1, 0.15) is 92.4 Å². The molecule has 3 aliphatic rings. The van der Waals surface area contributed by atoms with Crippen molar-refractivity contribution in [2.24, 2.45) is 22.7 Å². The summed E-state index contributed by atoms with van der Waals surface area (Å²) >= 11 is 0. The van der Waals surface area contributed by atoms with E-state index >= 15 is 0 Å². The van der Waals surface area contributed by atoms with E-state index in [1.165, 1.54) is 0 Å². The monoisotopic (exact) mass is 536 g/mol. The maximum absolute atomic E-state index is 10.8. The van der Waals surface area contributed by atoms with Gasteiger partial charge in [-0.1, -0.05) is 52.0 Å². The molecule has 0 bridgehead atoms. The lowest BCUT2D eigenvalue weighted by Gasteiger charge is -2.45. The second-order valence-corrected chi connectivity index (χ2v) is 12.7. The van der Waals surface area contributed by atoms with Gasteiger partial charge in [-0.15, -0.1) is 0 Å². The molecule has 7 nitrogen and oxygen atoms in total. The predicted octanol–water partition coefficient (Wildman–Crippen LogP) is 6.51. The van der Waals surface area contributed by atoms with Gasteiger partial charge in [0.15, 0.2) is 12.1 Å². The third-order valence-electron chi connectivity index (χ3n) is 8.06. The highest BCUT2D eigenvalue weighted by molar-refractivity contribution is 5.66. The van der Waals surface area contributed by atoms with Gasteiger partial charge in [0.25, 0.3) is 0 Å². The SMILES string of the molecule is CCOCC(C)(C)C(C=CC1CCC2(OCC(C)(C)CO2)C1CC=CCCCC(=O)O)OC1CCCCO1. The number of unbranched alkanes of at least 4 members (excludes halogenated alkanes) is 1. The first kappa shape index (κ1) is 31.3. The van der Waals surface area contributed by atoms with Crippen molar-refractivity contribution < 1.29 is 33.6 Å². The lowest BCUT2D eigenvalue weighted by molar-refractivity contribution is -0.315. The van der Waals surface area contributed by atoms with Gasteiger partial charge in [-0.3, -0.25) is 4.79 Å². The van der Waals surface area contributed by atoms with Gasteiger partial charge in [-0.05, 0) is 57.8 Å². The predicted molar refractivity (Wildman–Crippen MR) is 148 cm³/mol. The van der Waals surface area contributed by atoms with Gasteiger partial charge in [0.1, 0.15) is 0 Å². The Labute approximate surface area is 230 Å². The molecule has 4 unspecified atom stereocenters. The highest BCUT2D eigenvalue weighted by Crippen LogP contribution is 2.50. The van der Waals surface area contributed by atoms with E-state index in [0.717, 1.165) is 51.6 Å². The van der Waals surface area contributed by atoms with E-state index in [9.17, 15) is 4.79 Å². The van der Waals surface area contributed by atoms with E-state index in [4.69, 9.17) is 28.8 Å². The van der Waals surface area contributed by atoms with E-state index in [2.05, 4.69) is 52.0 Å². The van der Waals surface area contributed by atoms with E-state index in [1.807, 2.05) is 6.92 Å². The van der Waals surface area contributed by atoms with Crippen molar-refractivity contribution in [3.05, 3.63) is 24.3 Å². The molecule has 1 saturated carbocycles. The fraction of sp³-hybridized carbons (Fsp3) is 0.839. The normalized spacial score (nSPS) is 28.4. The van der Waals surface area contributed by atoms with Crippen molar-refractivity contribution in [3.8, 4) is 0 Å². The molecule has 2 saturated heterocycles. The number of rotatable bonds is 14. The third kappa shape index (κ3) is 9.16. The Balaban J connectivity index is 1.74. The maximum Gasteiger partial charge on any atom is 0.303 e. The lowest BCUT2D eigenvalue weighted by Crippen LogP contribution is -2.50. The minimum absolute atomic E-state index is 0.0125. The van der Waals surface area contributed by atoms with Gasteiger partial charge in [-0.25, -0.2) is 0 Å². The second kappa shape index (κ2) is 14.4.